The average molecular weight is 364 g/mol. The molecule has 1 aliphatic heterocycles. The number of piperidine rings is 1. The van der Waals surface area contributed by atoms with Gasteiger partial charge in [-0.2, -0.15) is 0 Å². The molecule has 1 aromatic rings. The second-order valence-corrected chi connectivity index (χ2v) is 6.62. The molecule has 6 heteroatoms. The van der Waals surface area contributed by atoms with Crippen LogP contribution in [0.15, 0.2) is 12.1 Å². The topological polar surface area (TPSA) is 51.2 Å². The highest BCUT2D eigenvalue weighted by atomic mass is 16.5. The lowest BCUT2D eigenvalue weighted by Gasteiger charge is -2.34. The van der Waals surface area contributed by atoms with Crippen molar-refractivity contribution in [2.24, 2.45) is 5.92 Å². The first-order valence-corrected chi connectivity index (χ1v) is 9.37. The number of benzene rings is 1. The maximum absolute atomic E-state index is 12.7. The summed E-state index contributed by atoms with van der Waals surface area (Å²) in [5, 5.41) is 0. The number of nitrogens with zero attached hydrogens (tertiary/aromatic N) is 2. The highest BCUT2D eigenvalue weighted by molar-refractivity contribution is 5.79. The van der Waals surface area contributed by atoms with Gasteiger partial charge in [-0.15, -0.1) is 0 Å². The highest BCUT2D eigenvalue weighted by Crippen LogP contribution is 2.38. The van der Waals surface area contributed by atoms with Crippen molar-refractivity contribution in [3.8, 4) is 17.2 Å². The van der Waals surface area contributed by atoms with Gasteiger partial charge in [0.15, 0.2) is 11.5 Å². The molecule has 2 rings (SSSR count). The predicted molar refractivity (Wildman–Crippen MR) is 102 cm³/mol. The lowest BCUT2D eigenvalue weighted by atomic mass is 9.96. The van der Waals surface area contributed by atoms with Gasteiger partial charge in [0, 0.05) is 26.2 Å². The van der Waals surface area contributed by atoms with E-state index in [0.717, 1.165) is 51.1 Å². The number of likely N-dealkylation sites (tertiary alicyclic amines) is 1. The van der Waals surface area contributed by atoms with E-state index in [9.17, 15) is 4.79 Å². The zero-order valence-electron chi connectivity index (χ0n) is 16.7. The Kier molecular flexibility index (Phi) is 7.57. The number of carbonyl (C=O) groups excluding carboxylic acids is 1. The van der Waals surface area contributed by atoms with Gasteiger partial charge in [0.2, 0.25) is 11.7 Å². The van der Waals surface area contributed by atoms with Crippen LogP contribution < -0.4 is 14.2 Å². The molecule has 0 aromatic heterocycles. The molecule has 0 aliphatic carbocycles. The summed E-state index contributed by atoms with van der Waals surface area (Å²) in [6.07, 6.45) is 2.02. The molecule has 0 radical (unpaired) electrons. The van der Waals surface area contributed by atoms with Crippen LogP contribution in [0.5, 0.6) is 17.2 Å². The molecule has 0 saturated carbocycles. The summed E-state index contributed by atoms with van der Waals surface area (Å²) in [7, 11) is 4.86. The molecular weight excluding hydrogens is 332 g/mol. The summed E-state index contributed by atoms with van der Waals surface area (Å²) >= 11 is 0. The van der Waals surface area contributed by atoms with E-state index in [0.29, 0.717) is 17.2 Å². The summed E-state index contributed by atoms with van der Waals surface area (Å²) in [6.45, 7) is 8.19. The van der Waals surface area contributed by atoms with E-state index in [4.69, 9.17) is 14.2 Å². The van der Waals surface area contributed by atoms with E-state index in [1.54, 1.807) is 21.3 Å². The molecule has 26 heavy (non-hydrogen) atoms. The van der Waals surface area contributed by atoms with Gasteiger partial charge < -0.3 is 19.1 Å². The SMILES string of the molecule is CCN(CC)C(=O)C1CCCN(Cc2cc(OC)c(OC)c(OC)c2)C1. The van der Waals surface area contributed by atoms with Gasteiger partial charge in [-0.05, 0) is 50.9 Å². The molecule has 1 aromatic carbocycles. The van der Waals surface area contributed by atoms with E-state index in [1.165, 1.54) is 0 Å². The first-order chi connectivity index (χ1) is 12.6. The largest absolute Gasteiger partial charge is 0.493 e. The number of methoxy groups -OCH3 is 3. The second-order valence-electron chi connectivity index (χ2n) is 6.62. The average Bonchev–Trinajstić information content (AvgIpc) is 2.68. The van der Waals surface area contributed by atoms with E-state index in [2.05, 4.69) is 4.90 Å². The van der Waals surface area contributed by atoms with E-state index in [1.807, 2.05) is 30.9 Å². The Balaban J connectivity index is 2.11. The van der Waals surface area contributed by atoms with Crippen molar-refractivity contribution in [3.05, 3.63) is 17.7 Å². The fourth-order valence-corrected chi connectivity index (χ4v) is 3.68. The number of hydrogen-bond acceptors (Lipinski definition) is 5. The molecule has 0 spiro atoms. The molecule has 1 amide bonds. The minimum atomic E-state index is 0.0886. The third kappa shape index (κ3) is 4.61. The Morgan fingerprint density at radius 1 is 1.12 bits per heavy atom. The monoisotopic (exact) mass is 364 g/mol. The van der Waals surface area contributed by atoms with E-state index >= 15 is 0 Å². The first kappa shape index (κ1) is 20.4. The Morgan fingerprint density at radius 2 is 1.73 bits per heavy atom. The van der Waals surface area contributed by atoms with Crippen molar-refractivity contribution in [3.63, 3.8) is 0 Å². The van der Waals surface area contributed by atoms with E-state index < -0.39 is 0 Å². The fourth-order valence-electron chi connectivity index (χ4n) is 3.68. The second kappa shape index (κ2) is 9.67. The maximum Gasteiger partial charge on any atom is 0.226 e. The maximum atomic E-state index is 12.7. The summed E-state index contributed by atoms with van der Waals surface area (Å²) in [5.74, 6) is 2.30. The number of amides is 1. The van der Waals surface area contributed by atoms with Crippen LogP contribution >= 0.6 is 0 Å². The standard InChI is InChI=1S/C20H32N2O4/c1-6-22(7-2)20(23)16-9-8-10-21(14-16)13-15-11-17(24-3)19(26-5)18(12-15)25-4/h11-12,16H,6-10,13-14H2,1-5H3. The van der Waals surface area contributed by atoms with Gasteiger partial charge in [0.1, 0.15) is 0 Å². The predicted octanol–water partition coefficient (Wildman–Crippen LogP) is 2.79. The summed E-state index contributed by atoms with van der Waals surface area (Å²) in [5.41, 5.74) is 1.09. The third-order valence-corrected chi connectivity index (χ3v) is 5.06. The van der Waals surface area contributed by atoms with Crippen molar-refractivity contribution in [2.75, 3.05) is 47.5 Å². The Labute approximate surface area is 157 Å². The number of rotatable bonds is 8. The molecule has 1 unspecified atom stereocenters. The van der Waals surface area contributed by atoms with Crippen LogP contribution in [0.25, 0.3) is 0 Å². The smallest absolute Gasteiger partial charge is 0.226 e. The van der Waals surface area contributed by atoms with Gasteiger partial charge in [0.25, 0.3) is 0 Å². The van der Waals surface area contributed by atoms with Gasteiger partial charge in [-0.1, -0.05) is 0 Å². The van der Waals surface area contributed by atoms with Crippen molar-refractivity contribution in [1.82, 2.24) is 9.80 Å². The molecule has 1 aliphatic rings. The van der Waals surface area contributed by atoms with Crippen LogP contribution in [0, 0.1) is 5.92 Å². The third-order valence-electron chi connectivity index (χ3n) is 5.06. The molecule has 1 heterocycles. The van der Waals surface area contributed by atoms with Crippen molar-refractivity contribution in [1.29, 1.82) is 0 Å². The van der Waals surface area contributed by atoms with Crippen molar-refractivity contribution in [2.45, 2.75) is 33.2 Å². The van der Waals surface area contributed by atoms with Crippen LogP contribution in [0.3, 0.4) is 0 Å². The zero-order chi connectivity index (χ0) is 19.1. The highest BCUT2D eigenvalue weighted by Gasteiger charge is 2.28. The molecule has 1 fully saturated rings. The molecule has 0 bridgehead atoms. The molecular formula is C20H32N2O4. The van der Waals surface area contributed by atoms with E-state index in [-0.39, 0.29) is 11.8 Å². The molecule has 6 nitrogen and oxygen atoms in total. The minimum Gasteiger partial charge on any atom is -0.493 e. The number of ether oxygens (including phenoxy) is 3. The summed E-state index contributed by atoms with van der Waals surface area (Å²) < 4.78 is 16.3. The lowest BCUT2D eigenvalue weighted by Crippen LogP contribution is -2.44. The Hall–Kier alpha value is -1.95. The Morgan fingerprint density at radius 3 is 2.23 bits per heavy atom. The quantitative estimate of drug-likeness (QED) is 0.710. The normalized spacial score (nSPS) is 17.7. The van der Waals surface area contributed by atoms with Crippen molar-refractivity contribution < 1.29 is 19.0 Å². The van der Waals surface area contributed by atoms with Crippen molar-refractivity contribution >= 4 is 5.91 Å². The first-order valence-electron chi connectivity index (χ1n) is 9.37. The van der Waals surface area contributed by atoms with Gasteiger partial charge in [0.05, 0.1) is 27.2 Å². The molecule has 146 valence electrons. The van der Waals surface area contributed by atoms with Gasteiger partial charge in [-0.25, -0.2) is 0 Å². The number of hydrogen-bond donors (Lipinski definition) is 0. The lowest BCUT2D eigenvalue weighted by molar-refractivity contribution is -0.137. The van der Waals surface area contributed by atoms with Gasteiger partial charge in [-0.3, -0.25) is 9.69 Å². The van der Waals surface area contributed by atoms with Gasteiger partial charge >= 0.3 is 0 Å². The van der Waals surface area contributed by atoms with Crippen LogP contribution in [0.4, 0.5) is 0 Å². The summed E-state index contributed by atoms with van der Waals surface area (Å²) in [4.78, 5) is 17.0. The number of carbonyl (C=O) groups is 1. The Bertz CT molecular complexity index is 576. The molecule has 0 N–H and O–H groups in total. The van der Waals surface area contributed by atoms with Crippen LogP contribution in [0.1, 0.15) is 32.3 Å². The van der Waals surface area contributed by atoms with Crippen LogP contribution in [-0.4, -0.2) is 63.2 Å². The zero-order valence-corrected chi connectivity index (χ0v) is 16.7. The fraction of sp³-hybridized carbons (Fsp3) is 0.650. The summed E-state index contributed by atoms with van der Waals surface area (Å²) in [6, 6.07) is 3.97. The van der Waals surface area contributed by atoms with Crippen LogP contribution in [-0.2, 0) is 11.3 Å². The molecule has 1 saturated heterocycles. The minimum absolute atomic E-state index is 0.0886. The van der Waals surface area contributed by atoms with Crippen LogP contribution in [0.2, 0.25) is 0 Å². The molecule has 1 atom stereocenters.